The molecule has 0 aliphatic carbocycles. The maximum Gasteiger partial charge on any atom is 0.246 e. The van der Waals surface area contributed by atoms with Crippen LogP contribution in [0, 0.1) is 11.8 Å². The van der Waals surface area contributed by atoms with E-state index in [1.807, 2.05) is 13.8 Å². The molecule has 8 nitrogen and oxygen atoms in total. The zero-order chi connectivity index (χ0) is 22.8. The van der Waals surface area contributed by atoms with Crippen LogP contribution in [0.3, 0.4) is 0 Å². The van der Waals surface area contributed by atoms with E-state index in [0.29, 0.717) is 32.4 Å². The van der Waals surface area contributed by atoms with E-state index in [1.54, 1.807) is 4.90 Å². The van der Waals surface area contributed by atoms with E-state index in [4.69, 9.17) is 4.74 Å². The van der Waals surface area contributed by atoms with Crippen molar-refractivity contribution in [3.63, 3.8) is 0 Å². The van der Waals surface area contributed by atoms with Gasteiger partial charge in [0.05, 0.1) is 17.9 Å². The lowest BCUT2D eigenvalue weighted by atomic mass is 9.70. The van der Waals surface area contributed by atoms with Gasteiger partial charge in [0.25, 0.3) is 0 Å². The summed E-state index contributed by atoms with van der Waals surface area (Å²) in [4.78, 5) is 41.6. The number of alkyl halides is 1. The van der Waals surface area contributed by atoms with Gasteiger partial charge in [0, 0.05) is 30.6 Å². The van der Waals surface area contributed by atoms with E-state index < -0.39 is 29.6 Å². The molecule has 0 radical (unpaired) electrons. The maximum absolute atomic E-state index is 13.6. The molecule has 0 saturated carbocycles. The summed E-state index contributed by atoms with van der Waals surface area (Å²) in [6, 6.07) is -0.776. The van der Waals surface area contributed by atoms with Gasteiger partial charge in [-0.05, 0) is 39.0 Å². The highest BCUT2D eigenvalue weighted by molar-refractivity contribution is 9.09. The first-order valence-electron chi connectivity index (χ1n) is 11.6. The van der Waals surface area contributed by atoms with Crippen molar-refractivity contribution in [3.8, 4) is 0 Å². The summed E-state index contributed by atoms with van der Waals surface area (Å²) in [7, 11) is 0. The first-order chi connectivity index (χ1) is 14.8. The molecule has 1 spiro atoms. The van der Waals surface area contributed by atoms with Crippen LogP contribution in [-0.4, -0.2) is 76.0 Å². The number of ether oxygens (including phenoxy) is 1. The van der Waals surface area contributed by atoms with E-state index >= 15 is 0 Å². The number of aliphatic hydroxyl groups excluding tert-OH is 1. The average molecular weight is 502 g/mol. The van der Waals surface area contributed by atoms with E-state index in [0.717, 1.165) is 19.3 Å². The van der Waals surface area contributed by atoms with Gasteiger partial charge in [-0.25, -0.2) is 0 Å². The molecule has 0 aromatic heterocycles. The Hall–Kier alpha value is -1.19. The molecule has 3 aliphatic heterocycles. The van der Waals surface area contributed by atoms with Gasteiger partial charge in [-0.3, -0.25) is 14.4 Å². The molecule has 176 valence electrons. The molecule has 3 amide bonds. The molecule has 2 bridgehead atoms. The van der Waals surface area contributed by atoms with Crippen LogP contribution in [0.25, 0.3) is 0 Å². The smallest absolute Gasteiger partial charge is 0.246 e. The van der Waals surface area contributed by atoms with Crippen molar-refractivity contribution in [2.45, 2.75) is 87.9 Å². The second kappa shape index (κ2) is 10.2. The molecule has 3 fully saturated rings. The Bertz CT molecular complexity index is 692. The zero-order valence-electron chi connectivity index (χ0n) is 18.7. The summed E-state index contributed by atoms with van der Waals surface area (Å²) >= 11 is 3.66. The lowest BCUT2D eigenvalue weighted by molar-refractivity contribution is -0.142. The fourth-order valence-corrected chi connectivity index (χ4v) is 6.50. The molecule has 31 heavy (non-hydrogen) atoms. The molecule has 3 saturated heterocycles. The number of amides is 3. The van der Waals surface area contributed by atoms with Crippen LogP contribution >= 0.6 is 15.9 Å². The lowest BCUT2D eigenvalue weighted by Gasteiger charge is -2.34. The topological polar surface area (TPSA) is 108 Å². The Labute approximate surface area is 193 Å². The van der Waals surface area contributed by atoms with Crippen molar-refractivity contribution < 1.29 is 24.2 Å². The minimum Gasteiger partial charge on any atom is -0.396 e. The van der Waals surface area contributed by atoms with Gasteiger partial charge in [0.15, 0.2) is 0 Å². The second-order valence-corrected chi connectivity index (χ2v) is 10.3. The summed E-state index contributed by atoms with van der Waals surface area (Å²) in [5.41, 5.74) is -1.00. The summed E-state index contributed by atoms with van der Waals surface area (Å²) in [5.74, 6) is -1.83. The molecular weight excluding hydrogens is 466 g/mol. The highest BCUT2D eigenvalue weighted by Gasteiger charge is 2.76. The van der Waals surface area contributed by atoms with Gasteiger partial charge >= 0.3 is 0 Å². The van der Waals surface area contributed by atoms with E-state index in [-0.39, 0.29) is 35.2 Å². The fraction of sp³-hybridized carbons (Fsp3) is 0.864. The molecule has 0 aromatic rings. The van der Waals surface area contributed by atoms with Crippen LogP contribution < -0.4 is 10.6 Å². The van der Waals surface area contributed by atoms with Crippen molar-refractivity contribution in [1.82, 2.24) is 15.5 Å². The monoisotopic (exact) mass is 501 g/mol. The van der Waals surface area contributed by atoms with Crippen LogP contribution in [0.15, 0.2) is 0 Å². The average Bonchev–Trinajstić information content (AvgIpc) is 3.30. The minimum atomic E-state index is -1.00. The first kappa shape index (κ1) is 24.5. The predicted molar refractivity (Wildman–Crippen MR) is 120 cm³/mol. The van der Waals surface area contributed by atoms with Gasteiger partial charge in [-0.15, -0.1) is 0 Å². The zero-order valence-corrected chi connectivity index (χ0v) is 20.3. The summed E-state index contributed by atoms with van der Waals surface area (Å²) in [6.07, 6.45) is 3.83. The fourth-order valence-electron chi connectivity index (χ4n) is 5.56. The van der Waals surface area contributed by atoms with Gasteiger partial charge in [-0.2, -0.15) is 0 Å². The van der Waals surface area contributed by atoms with Crippen molar-refractivity contribution in [3.05, 3.63) is 0 Å². The number of nitrogens with zero attached hydrogens (tertiary/aromatic N) is 1. The number of hydrogen-bond acceptors (Lipinski definition) is 5. The number of hydrogen-bond donors (Lipinski definition) is 3. The Morgan fingerprint density at radius 1 is 1.29 bits per heavy atom. The normalized spacial score (nSPS) is 34.7. The molecule has 3 N–H and O–H groups in total. The molecule has 9 heteroatoms. The summed E-state index contributed by atoms with van der Waals surface area (Å²) in [5, 5.41) is 15.2. The molecule has 4 unspecified atom stereocenters. The van der Waals surface area contributed by atoms with Crippen LogP contribution in [0.4, 0.5) is 0 Å². The maximum atomic E-state index is 13.6. The number of rotatable bonds is 11. The van der Waals surface area contributed by atoms with Gasteiger partial charge in [0.2, 0.25) is 17.7 Å². The lowest BCUT2D eigenvalue weighted by Crippen LogP contribution is -2.57. The Morgan fingerprint density at radius 2 is 2.03 bits per heavy atom. The van der Waals surface area contributed by atoms with Crippen molar-refractivity contribution in [2.75, 3.05) is 19.7 Å². The number of halogens is 1. The molecule has 0 aromatic carbocycles. The third-order valence-corrected chi connectivity index (χ3v) is 7.65. The quantitative estimate of drug-likeness (QED) is 0.292. The second-order valence-electron chi connectivity index (χ2n) is 9.12. The summed E-state index contributed by atoms with van der Waals surface area (Å²) in [6.45, 7) is 6.95. The standard InChI is InChI=1S/C22H36BrN3O5/c1-4-8-13(3)25-20(29)18-22-12-14(23)17(31-22)15(19(28)24-9-5-2)16(22)21(30)26(18)10-6-7-11-27/h13-18,27H,4-12H2,1-3H3,(H,24,28)(H,25,29)/t13?,14?,15-,16+,17-,18?,22?/m1/s1. The number of carbonyl (C=O) groups excluding carboxylic acids is 3. The number of carbonyl (C=O) groups is 3. The molecule has 3 heterocycles. The molecule has 3 aliphatic rings. The van der Waals surface area contributed by atoms with Crippen LogP contribution in [0.1, 0.15) is 59.3 Å². The van der Waals surface area contributed by atoms with E-state index in [2.05, 4.69) is 33.5 Å². The number of nitrogens with one attached hydrogen (secondary N) is 2. The number of fused-ring (bicyclic) bond motifs is 1. The van der Waals surface area contributed by atoms with Crippen LogP contribution in [0.5, 0.6) is 0 Å². The number of unbranched alkanes of at least 4 members (excludes halogenated alkanes) is 1. The summed E-state index contributed by atoms with van der Waals surface area (Å²) < 4.78 is 6.41. The van der Waals surface area contributed by atoms with E-state index in [9.17, 15) is 19.5 Å². The Kier molecular flexibility index (Phi) is 8.02. The van der Waals surface area contributed by atoms with Crippen molar-refractivity contribution in [2.24, 2.45) is 11.8 Å². The van der Waals surface area contributed by atoms with Crippen LogP contribution in [-0.2, 0) is 19.1 Å². The first-order valence-corrected chi connectivity index (χ1v) is 12.5. The number of aliphatic hydroxyl groups is 1. The highest BCUT2D eigenvalue weighted by Crippen LogP contribution is 2.60. The molecular formula is C22H36BrN3O5. The molecule has 3 rings (SSSR count). The molecule has 7 atom stereocenters. The third-order valence-electron chi connectivity index (χ3n) is 6.81. The van der Waals surface area contributed by atoms with Gasteiger partial charge < -0.3 is 25.4 Å². The highest BCUT2D eigenvalue weighted by atomic mass is 79.9. The van der Waals surface area contributed by atoms with E-state index in [1.165, 1.54) is 0 Å². The Balaban J connectivity index is 1.93. The minimum absolute atomic E-state index is 0.00985. The predicted octanol–water partition coefficient (Wildman–Crippen LogP) is 1.34. The third kappa shape index (κ3) is 4.37. The van der Waals surface area contributed by atoms with Gasteiger partial charge in [0.1, 0.15) is 11.6 Å². The van der Waals surface area contributed by atoms with Gasteiger partial charge in [-0.1, -0.05) is 36.2 Å². The Morgan fingerprint density at radius 3 is 2.68 bits per heavy atom. The largest absolute Gasteiger partial charge is 0.396 e. The SMILES string of the molecule is CCCNC(=O)[C@H]1[C@@H]2OC3(CC2Br)C(C(=O)NC(C)CCC)N(CCCCO)C(=O)[C@H]13. The van der Waals surface area contributed by atoms with Crippen molar-refractivity contribution >= 4 is 33.7 Å². The van der Waals surface area contributed by atoms with Crippen molar-refractivity contribution in [1.29, 1.82) is 0 Å². The van der Waals surface area contributed by atoms with Crippen LogP contribution in [0.2, 0.25) is 0 Å². The number of likely N-dealkylation sites (tertiary alicyclic amines) is 1.